The lowest BCUT2D eigenvalue weighted by Gasteiger charge is -2.36. The van der Waals surface area contributed by atoms with Gasteiger partial charge < -0.3 is 14.4 Å². The Balaban J connectivity index is 1.88. The molecule has 0 spiro atoms. The van der Waals surface area contributed by atoms with Gasteiger partial charge in [-0.25, -0.2) is 0 Å². The van der Waals surface area contributed by atoms with Crippen molar-refractivity contribution in [1.29, 1.82) is 0 Å². The quantitative estimate of drug-likeness (QED) is 0.613. The van der Waals surface area contributed by atoms with Crippen LogP contribution >= 0.6 is 0 Å². The van der Waals surface area contributed by atoms with E-state index in [2.05, 4.69) is 9.80 Å². The first-order valence-corrected chi connectivity index (χ1v) is 5.84. The summed E-state index contributed by atoms with van der Waals surface area (Å²) in [4.78, 5) is 15.8. The molecule has 92 valence electrons. The molecule has 0 aromatic rings. The number of rotatable bonds is 3. The average Bonchev–Trinajstić information content (AvgIpc) is 2.64. The van der Waals surface area contributed by atoms with Crippen molar-refractivity contribution in [2.24, 2.45) is 0 Å². The average molecular weight is 228 g/mol. The summed E-state index contributed by atoms with van der Waals surface area (Å²) in [5.74, 6) is -0.0643. The smallest absolute Gasteiger partial charge is 0.323 e. The number of likely N-dealkylation sites (N-methyl/N-ethyl adjacent to an activating group) is 1. The Morgan fingerprint density at radius 2 is 2.25 bits per heavy atom. The number of morpholine rings is 1. The number of hydrogen-bond donors (Lipinski definition) is 0. The zero-order chi connectivity index (χ0) is 11.5. The summed E-state index contributed by atoms with van der Waals surface area (Å²) < 4.78 is 10.7. The Bertz CT molecular complexity index is 258. The third-order valence-corrected chi connectivity index (χ3v) is 3.09. The minimum atomic E-state index is -0.0643. The van der Waals surface area contributed by atoms with Gasteiger partial charge in [0.05, 0.1) is 19.3 Å². The van der Waals surface area contributed by atoms with Crippen LogP contribution in [0.4, 0.5) is 0 Å². The van der Waals surface area contributed by atoms with Gasteiger partial charge >= 0.3 is 5.97 Å². The standard InChI is InChI=1S/C11H20N2O3/c1-12(2)7-9-8-13(4-6-15-9)10-3-5-16-11(10)14/h9-10H,3-8H2,1-2H3/t9-,10+/m0/s1. The van der Waals surface area contributed by atoms with E-state index in [9.17, 15) is 4.79 Å². The second kappa shape index (κ2) is 5.12. The summed E-state index contributed by atoms with van der Waals surface area (Å²) in [6.45, 7) is 3.85. The van der Waals surface area contributed by atoms with Crippen LogP contribution in [0, 0.1) is 0 Å². The fraction of sp³-hybridized carbons (Fsp3) is 0.909. The van der Waals surface area contributed by atoms with Gasteiger partial charge in [0.15, 0.2) is 0 Å². The molecule has 2 fully saturated rings. The Labute approximate surface area is 96.3 Å². The molecule has 2 rings (SSSR count). The highest BCUT2D eigenvalue weighted by molar-refractivity contribution is 5.77. The first-order valence-electron chi connectivity index (χ1n) is 5.84. The minimum Gasteiger partial charge on any atom is -0.464 e. The largest absolute Gasteiger partial charge is 0.464 e. The van der Waals surface area contributed by atoms with Crippen LogP contribution in [0.15, 0.2) is 0 Å². The molecule has 0 aromatic carbocycles. The topological polar surface area (TPSA) is 42.0 Å². The van der Waals surface area contributed by atoms with E-state index in [1.807, 2.05) is 14.1 Å². The van der Waals surface area contributed by atoms with Gasteiger partial charge in [0.25, 0.3) is 0 Å². The highest BCUT2D eigenvalue weighted by Gasteiger charge is 2.35. The van der Waals surface area contributed by atoms with Gasteiger partial charge in [0, 0.05) is 26.1 Å². The minimum absolute atomic E-state index is 0.0337. The Hall–Kier alpha value is -0.650. The van der Waals surface area contributed by atoms with Crippen molar-refractivity contribution in [2.45, 2.75) is 18.6 Å². The summed E-state index contributed by atoms with van der Waals surface area (Å²) in [7, 11) is 4.07. The lowest BCUT2D eigenvalue weighted by molar-refractivity contribution is -0.144. The molecule has 0 saturated carbocycles. The van der Waals surface area contributed by atoms with Crippen molar-refractivity contribution < 1.29 is 14.3 Å². The van der Waals surface area contributed by atoms with Crippen molar-refractivity contribution in [3.63, 3.8) is 0 Å². The molecular formula is C11H20N2O3. The number of esters is 1. The number of ether oxygens (including phenoxy) is 2. The van der Waals surface area contributed by atoms with E-state index in [0.29, 0.717) is 13.2 Å². The van der Waals surface area contributed by atoms with Crippen LogP contribution in [0.3, 0.4) is 0 Å². The first kappa shape index (κ1) is 11.8. The fourth-order valence-corrected chi connectivity index (χ4v) is 2.36. The van der Waals surface area contributed by atoms with Crippen molar-refractivity contribution in [1.82, 2.24) is 9.80 Å². The molecule has 2 aliphatic heterocycles. The fourth-order valence-electron chi connectivity index (χ4n) is 2.36. The van der Waals surface area contributed by atoms with Crippen molar-refractivity contribution in [3.8, 4) is 0 Å². The normalized spacial score (nSPS) is 32.1. The van der Waals surface area contributed by atoms with Gasteiger partial charge in [-0.1, -0.05) is 0 Å². The van der Waals surface area contributed by atoms with Gasteiger partial charge in [-0.15, -0.1) is 0 Å². The summed E-state index contributed by atoms with van der Waals surface area (Å²) in [5.41, 5.74) is 0. The SMILES string of the molecule is CN(C)C[C@H]1CN([C@@H]2CCOC2=O)CCO1. The van der Waals surface area contributed by atoms with Gasteiger partial charge in [-0.2, -0.15) is 0 Å². The maximum Gasteiger partial charge on any atom is 0.323 e. The first-order chi connectivity index (χ1) is 7.66. The summed E-state index contributed by atoms with van der Waals surface area (Å²) in [6, 6.07) is -0.0337. The van der Waals surface area contributed by atoms with E-state index in [4.69, 9.17) is 9.47 Å². The van der Waals surface area contributed by atoms with Crippen molar-refractivity contribution in [3.05, 3.63) is 0 Å². The number of hydrogen-bond acceptors (Lipinski definition) is 5. The van der Waals surface area contributed by atoms with Crippen LogP contribution in [0.25, 0.3) is 0 Å². The van der Waals surface area contributed by atoms with E-state index in [1.165, 1.54) is 0 Å². The molecule has 2 saturated heterocycles. The maximum atomic E-state index is 11.5. The molecule has 0 unspecified atom stereocenters. The predicted octanol–water partition coefficient (Wildman–Crippen LogP) is -0.436. The highest BCUT2D eigenvalue weighted by atomic mass is 16.5. The Kier molecular flexibility index (Phi) is 3.78. The molecule has 0 radical (unpaired) electrons. The van der Waals surface area contributed by atoms with Crippen LogP contribution in [-0.4, -0.2) is 74.9 Å². The molecule has 5 nitrogen and oxygen atoms in total. The monoisotopic (exact) mass is 228 g/mol. The van der Waals surface area contributed by atoms with E-state index in [0.717, 1.165) is 26.1 Å². The van der Waals surface area contributed by atoms with Crippen LogP contribution in [0.5, 0.6) is 0 Å². The van der Waals surface area contributed by atoms with Crippen LogP contribution in [0.2, 0.25) is 0 Å². The number of carbonyl (C=O) groups is 1. The lowest BCUT2D eigenvalue weighted by Crippen LogP contribution is -2.51. The number of cyclic esters (lactones) is 1. The van der Waals surface area contributed by atoms with E-state index >= 15 is 0 Å². The molecule has 0 bridgehead atoms. The van der Waals surface area contributed by atoms with Crippen molar-refractivity contribution >= 4 is 5.97 Å². The molecule has 0 aliphatic carbocycles. The van der Waals surface area contributed by atoms with E-state index in [1.54, 1.807) is 0 Å². The second-order valence-electron chi connectivity index (χ2n) is 4.72. The summed E-state index contributed by atoms with van der Waals surface area (Å²) in [6.07, 6.45) is 1.03. The maximum absolute atomic E-state index is 11.5. The summed E-state index contributed by atoms with van der Waals surface area (Å²) in [5, 5.41) is 0. The highest BCUT2D eigenvalue weighted by Crippen LogP contribution is 2.17. The zero-order valence-corrected chi connectivity index (χ0v) is 10.0. The van der Waals surface area contributed by atoms with E-state index < -0.39 is 0 Å². The van der Waals surface area contributed by atoms with Crippen LogP contribution < -0.4 is 0 Å². The molecule has 2 atom stereocenters. The van der Waals surface area contributed by atoms with Gasteiger partial charge in [0.1, 0.15) is 6.04 Å². The van der Waals surface area contributed by atoms with Crippen LogP contribution in [-0.2, 0) is 14.3 Å². The molecular weight excluding hydrogens is 208 g/mol. The molecule has 2 aliphatic rings. The molecule has 0 N–H and O–H groups in total. The Morgan fingerprint density at radius 1 is 1.44 bits per heavy atom. The molecule has 5 heteroatoms. The van der Waals surface area contributed by atoms with Crippen molar-refractivity contribution in [2.75, 3.05) is 46.9 Å². The third-order valence-electron chi connectivity index (χ3n) is 3.09. The lowest BCUT2D eigenvalue weighted by atomic mass is 10.1. The zero-order valence-electron chi connectivity index (χ0n) is 10.0. The van der Waals surface area contributed by atoms with Gasteiger partial charge in [-0.05, 0) is 14.1 Å². The molecule has 0 amide bonds. The molecule has 0 aromatic heterocycles. The second-order valence-corrected chi connectivity index (χ2v) is 4.72. The molecule has 16 heavy (non-hydrogen) atoms. The third kappa shape index (κ3) is 2.72. The van der Waals surface area contributed by atoms with E-state index in [-0.39, 0.29) is 18.1 Å². The van der Waals surface area contributed by atoms with Gasteiger partial charge in [0.2, 0.25) is 0 Å². The van der Waals surface area contributed by atoms with Gasteiger partial charge in [-0.3, -0.25) is 9.69 Å². The van der Waals surface area contributed by atoms with Crippen LogP contribution in [0.1, 0.15) is 6.42 Å². The predicted molar refractivity (Wildman–Crippen MR) is 59.2 cm³/mol. The summed E-state index contributed by atoms with van der Waals surface area (Å²) >= 11 is 0. The number of carbonyl (C=O) groups excluding carboxylic acids is 1. The molecule has 2 heterocycles. The number of nitrogens with zero attached hydrogens (tertiary/aromatic N) is 2. The Morgan fingerprint density at radius 3 is 2.88 bits per heavy atom.